The van der Waals surface area contributed by atoms with Gasteiger partial charge in [-0.15, -0.1) is 0 Å². The molecule has 2 N–H and O–H groups in total. The van der Waals surface area contributed by atoms with Crippen LogP contribution in [0.1, 0.15) is 56.9 Å². The lowest BCUT2D eigenvalue weighted by Gasteiger charge is -2.28. The van der Waals surface area contributed by atoms with Crippen LogP contribution in [0.4, 0.5) is 5.82 Å². The molecule has 0 unspecified atom stereocenters. The molecule has 0 atom stereocenters. The average molecular weight is 492 g/mol. The summed E-state index contributed by atoms with van der Waals surface area (Å²) >= 11 is 0. The van der Waals surface area contributed by atoms with E-state index in [4.69, 9.17) is 9.97 Å². The Morgan fingerprint density at radius 1 is 0.838 bits per heavy atom. The molecule has 188 valence electrons. The van der Waals surface area contributed by atoms with E-state index >= 15 is 0 Å². The van der Waals surface area contributed by atoms with Crippen LogP contribution in [0.5, 0.6) is 0 Å². The first-order valence-corrected chi connectivity index (χ1v) is 13.8. The number of hydrogen-bond donors (Lipinski definition) is 2. The van der Waals surface area contributed by atoms with Crippen molar-refractivity contribution in [3.8, 4) is 22.5 Å². The molecule has 37 heavy (non-hydrogen) atoms. The lowest BCUT2D eigenvalue weighted by molar-refractivity contribution is 0.356. The van der Waals surface area contributed by atoms with Crippen LogP contribution in [0, 0.1) is 5.92 Å². The van der Waals surface area contributed by atoms with Crippen LogP contribution in [-0.4, -0.2) is 43.2 Å². The van der Waals surface area contributed by atoms with Crippen LogP contribution in [-0.2, 0) is 6.42 Å². The maximum absolute atomic E-state index is 4.75. The topological polar surface area (TPSA) is 86.4 Å². The van der Waals surface area contributed by atoms with Crippen molar-refractivity contribution < 1.29 is 0 Å². The van der Waals surface area contributed by atoms with Crippen molar-refractivity contribution in [1.29, 1.82) is 0 Å². The minimum atomic E-state index is 0.790. The molecule has 2 aliphatic rings. The first kappa shape index (κ1) is 22.5. The highest BCUT2D eigenvalue weighted by atomic mass is 15.2. The van der Waals surface area contributed by atoms with Gasteiger partial charge in [0.2, 0.25) is 0 Å². The Bertz CT molecular complexity index is 1540. The summed E-state index contributed by atoms with van der Waals surface area (Å²) in [7, 11) is 0. The SMILES string of the molecule is c1cc2[nH]c(-c3n[nH]c4ncc(-c5cncc(CC6CCCCC6)c5)cc34)cc2c(N2CCCCC2)n1. The van der Waals surface area contributed by atoms with Crippen LogP contribution in [0.15, 0.2) is 49.1 Å². The molecule has 1 aliphatic heterocycles. The zero-order valence-electron chi connectivity index (χ0n) is 21.2. The van der Waals surface area contributed by atoms with Crippen LogP contribution in [0.25, 0.3) is 44.5 Å². The highest BCUT2D eigenvalue weighted by molar-refractivity contribution is 5.99. The monoisotopic (exact) mass is 491 g/mol. The van der Waals surface area contributed by atoms with E-state index in [1.807, 2.05) is 30.9 Å². The Balaban J connectivity index is 1.23. The predicted octanol–water partition coefficient (Wildman–Crippen LogP) is 6.68. The summed E-state index contributed by atoms with van der Waals surface area (Å²) in [5.41, 5.74) is 7.25. The molecular weight excluding hydrogens is 458 g/mol. The number of nitrogens with one attached hydrogen (secondary N) is 2. The molecule has 1 aliphatic carbocycles. The number of pyridine rings is 3. The maximum Gasteiger partial charge on any atom is 0.155 e. The van der Waals surface area contributed by atoms with E-state index in [0.717, 1.165) is 75.7 Å². The number of H-pyrrole nitrogens is 2. The predicted molar refractivity (Wildman–Crippen MR) is 149 cm³/mol. The summed E-state index contributed by atoms with van der Waals surface area (Å²) in [6.45, 7) is 2.14. The Morgan fingerprint density at radius 3 is 2.57 bits per heavy atom. The summed E-state index contributed by atoms with van der Waals surface area (Å²) < 4.78 is 0. The smallest absolute Gasteiger partial charge is 0.155 e. The van der Waals surface area contributed by atoms with Crippen molar-refractivity contribution in [1.82, 2.24) is 30.1 Å². The molecule has 0 bridgehead atoms. The van der Waals surface area contributed by atoms with E-state index in [1.165, 1.54) is 56.9 Å². The van der Waals surface area contributed by atoms with Crippen LogP contribution in [0.2, 0.25) is 0 Å². The van der Waals surface area contributed by atoms with Gasteiger partial charge in [-0.25, -0.2) is 9.97 Å². The van der Waals surface area contributed by atoms with Crippen molar-refractivity contribution in [2.24, 2.45) is 5.92 Å². The quantitative estimate of drug-likeness (QED) is 0.286. The van der Waals surface area contributed by atoms with Gasteiger partial charge in [-0.2, -0.15) is 5.10 Å². The Kier molecular flexibility index (Phi) is 5.84. The molecule has 0 radical (unpaired) electrons. The number of anilines is 1. The van der Waals surface area contributed by atoms with E-state index in [1.54, 1.807) is 0 Å². The Morgan fingerprint density at radius 2 is 1.68 bits per heavy atom. The van der Waals surface area contributed by atoms with Crippen molar-refractivity contribution >= 4 is 27.8 Å². The number of aromatic nitrogens is 6. The number of aromatic amines is 2. The lowest BCUT2D eigenvalue weighted by atomic mass is 9.85. The summed E-state index contributed by atoms with van der Waals surface area (Å²) in [6, 6.07) is 8.73. The number of piperidine rings is 1. The minimum absolute atomic E-state index is 0.790. The van der Waals surface area contributed by atoms with Crippen molar-refractivity contribution in [3.63, 3.8) is 0 Å². The Labute approximate surface area is 216 Å². The molecular formula is C30H33N7. The van der Waals surface area contributed by atoms with Gasteiger partial charge in [-0.05, 0) is 61.4 Å². The lowest BCUT2D eigenvalue weighted by Crippen LogP contribution is -2.30. The minimum Gasteiger partial charge on any atom is -0.356 e. The fourth-order valence-electron chi connectivity index (χ4n) is 6.27. The van der Waals surface area contributed by atoms with Crippen molar-refractivity contribution in [3.05, 3.63) is 54.6 Å². The third kappa shape index (κ3) is 4.37. The molecule has 5 aromatic rings. The van der Waals surface area contributed by atoms with Gasteiger partial charge in [-0.1, -0.05) is 32.1 Å². The molecule has 7 rings (SSSR count). The fraction of sp³-hybridized carbons (Fsp3) is 0.400. The highest BCUT2D eigenvalue weighted by Crippen LogP contribution is 2.34. The van der Waals surface area contributed by atoms with Gasteiger partial charge in [0.25, 0.3) is 0 Å². The summed E-state index contributed by atoms with van der Waals surface area (Å²) in [5, 5.41) is 9.96. The third-order valence-electron chi connectivity index (χ3n) is 8.23. The molecule has 0 amide bonds. The third-order valence-corrected chi connectivity index (χ3v) is 8.23. The number of fused-ring (bicyclic) bond motifs is 2. The van der Waals surface area contributed by atoms with Crippen LogP contribution in [0.3, 0.4) is 0 Å². The van der Waals surface area contributed by atoms with Crippen molar-refractivity contribution in [2.75, 3.05) is 18.0 Å². The number of hydrogen-bond acceptors (Lipinski definition) is 5. The first-order valence-electron chi connectivity index (χ1n) is 13.8. The molecule has 7 nitrogen and oxygen atoms in total. The molecule has 6 heterocycles. The number of nitrogens with zero attached hydrogens (tertiary/aromatic N) is 5. The zero-order chi connectivity index (χ0) is 24.6. The van der Waals surface area contributed by atoms with E-state index < -0.39 is 0 Å². The molecule has 7 heteroatoms. The summed E-state index contributed by atoms with van der Waals surface area (Å²) in [5.74, 6) is 1.86. The standard InChI is InChI=1S/C30H33N7/c1-3-7-20(8-4-1)13-21-14-22(18-31-17-21)23-15-25-28(35-36-29(25)33-19-23)27-16-24-26(34-27)9-10-32-30(24)37-11-5-2-6-12-37/h9-10,14-20,34H,1-8,11-13H2,(H,33,35,36). The molecule has 1 saturated carbocycles. The molecule has 1 saturated heterocycles. The Hall–Kier alpha value is -3.74. The van der Waals surface area contributed by atoms with Crippen LogP contribution >= 0.6 is 0 Å². The van der Waals surface area contributed by atoms with Gasteiger partial charge in [0.05, 0.1) is 11.2 Å². The zero-order valence-corrected chi connectivity index (χ0v) is 21.2. The molecule has 0 aromatic carbocycles. The van der Waals surface area contributed by atoms with E-state index in [9.17, 15) is 0 Å². The second-order valence-electron chi connectivity index (χ2n) is 10.8. The fourth-order valence-corrected chi connectivity index (χ4v) is 6.27. The average Bonchev–Trinajstić information content (AvgIpc) is 3.58. The van der Waals surface area contributed by atoms with Gasteiger partial charge in [0.15, 0.2) is 5.65 Å². The maximum atomic E-state index is 4.75. The largest absolute Gasteiger partial charge is 0.356 e. The second kappa shape index (κ2) is 9.61. The molecule has 2 fully saturated rings. The van der Waals surface area contributed by atoms with Gasteiger partial charge in [0, 0.05) is 59.8 Å². The van der Waals surface area contributed by atoms with Gasteiger partial charge < -0.3 is 9.88 Å². The van der Waals surface area contributed by atoms with Crippen molar-refractivity contribution in [2.45, 2.75) is 57.8 Å². The van der Waals surface area contributed by atoms with E-state index in [-0.39, 0.29) is 0 Å². The molecule has 5 aromatic heterocycles. The van der Waals surface area contributed by atoms with E-state index in [2.05, 4.69) is 43.3 Å². The van der Waals surface area contributed by atoms with E-state index in [0.29, 0.717) is 0 Å². The van der Waals surface area contributed by atoms with Crippen LogP contribution < -0.4 is 4.90 Å². The second-order valence-corrected chi connectivity index (χ2v) is 10.8. The first-order chi connectivity index (χ1) is 18.3. The normalized spacial score (nSPS) is 17.1. The summed E-state index contributed by atoms with van der Waals surface area (Å²) in [4.78, 5) is 20.1. The van der Waals surface area contributed by atoms with Gasteiger partial charge in [0.1, 0.15) is 11.5 Å². The molecule has 0 spiro atoms. The number of rotatable bonds is 5. The summed E-state index contributed by atoms with van der Waals surface area (Å²) in [6.07, 6.45) is 19.5. The van der Waals surface area contributed by atoms with Gasteiger partial charge >= 0.3 is 0 Å². The highest BCUT2D eigenvalue weighted by Gasteiger charge is 2.19. The van der Waals surface area contributed by atoms with Gasteiger partial charge in [-0.3, -0.25) is 10.1 Å².